The molecule has 8 heteroatoms. The monoisotopic (exact) mass is 333 g/mol. The predicted octanol–water partition coefficient (Wildman–Crippen LogP) is 1.71. The molecule has 3 rings (SSSR count). The highest BCUT2D eigenvalue weighted by Crippen LogP contribution is 2.47. The molecule has 1 N–H and O–H groups in total. The largest absolute Gasteiger partial charge is 0.461 e. The van der Waals surface area contributed by atoms with Gasteiger partial charge in [-0.1, -0.05) is 6.92 Å². The van der Waals surface area contributed by atoms with E-state index in [2.05, 4.69) is 16.9 Å². The molecular formula is C15H15N3O4S. The minimum absolute atomic E-state index is 0.315. The molecule has 2 atom stereocenters. The molecule has 2 unspecified atom stereocenters. The molecule has 1 amide bonds. The average Bonchev–Trinajstić information content (AvgIpc) is 3.08. The van der Waals surface area contributed by atoms with Crippen LogP contribution in [0.4, 0.5) is 0 Å². The third kappa shape index (κ3) is 3.65. The van der Waals surface area contributed by atoms with Crippen LogP contribution in [0, 0.1) is 5.92 Å². The molecule has 1 fully saturated rings. The smallest absolute Gasteiger partial charge is 0.283 e. The number of sulfonamides is 1. The third-order valence-electron chi connectivity index (χ3n) is 3.57. The van der Waals surface area contributed by atoms with Crippen molar-refractivity contribution in [2.24, 2.45) is 5.92 Å². The van der Waals surface area contributed by atoms with Gasteiger partial charge in [-0.3, -0.25) is 9.78 Å². The fourth-order valence-electron chi connectivity index (χ4n) is 2.18. The van der Waals surface area contributed by atoms with Crippen LogP contribution in [0.1, 0.15) is 30.8 Å². The van der Waals surface area contributed by atoms with Crippen LogP contribution in [-0.4, -0.2) is 24.3 Å². The van der Waals surface area contributed by atoms with Crippen LogP contribution in [0.5, 0.6) is 0 Å². The second-order valence-corrected chi connectivity index (χ2v) is 7.04. The van der Waals surface area contributed by atoms with Crippen LogP contribution in [0.25, 0.3) is 6.08 Å². The van der Waals surface area contributed by atoms with Gasteiger partial charge >= 0.3 is 0 Å². The Labute approximate surface area is 133 Å². The third-order valence-corrected chi connectivity index (χ3v) is 4.80. The summed E-state index contributed by atoms with van der Waals surface area (Å²) in [6.07, 6.45) is 7.28. The number of nitrogens with one attached hydrogen (secondary N) is 1. The van der Waals surface area contributed by atoms with Crippen LogP contribution in [0.3, 0.4) is 0 Å². The Balaban J connectivity index is 1.64. The van der Waals surface area contributed by atoms with Crippen molar-refractivity contribution >= 4 is 22.0 Å². The second kappa shape index (κ2) is 5.96. The molecule has 2 aromatic heterocycles. The van der Waals surface area contributed by atoms with E-state index in [-0.39, 0.29) is 5.03 Å². The molecule has 1 aliphatic carbocycles. The predicted molar refractivity (Wildman–Crippen MR) is 81.6 cm³/mol. The summed E-state index contributed by atoms with van der Waals surface area (Å²) in [5, 5.41) is -0.315. The van der Waals surface area contributed by atoms with Crippen LogP contribution in [0.15, 0.2) is 46.2 Å². The molecular weight excluding hydrogens is 318 g/mol. The first kappa shape index (κ1) is 15.4. The lowest BCUT2D eigenvalue weighted by Crippen LogP contribution is -2.29. The van der Waals surface area contributed by atoms with Crippen molar-refractivity contribution in [3.63, 3.8) is 0 Å². The number of aromatic nitrogens is 2. The Morgan fingerprint density at radius 1 is 1.39 bits per heavy atom. The minimum Gasteiger partial charge on any atom is -0.461 e. The Bertz CT molecular complexity index is 843. The molecule has 23 heavy (non-hydrogen) atoms. The number of hydrogen-bond acceptors (Lipinski definition) is 6. The van der Waals surface area contributed by atoms with Crippen LogP contribution in [0.2, 0.25) is 0 Å². The molecule has 0 saturated heterocycles. The van der Waals surface area contributed by atoms with Gasteiger partial charge in [0.15, 0.2) is 5.03 Å². The maximum atomic E-state index is 11.9. The van der Waals surface area contributed by atoms with E-state index in [4.69, 9.17) is 4.42 Å². The quantitative estimate of drug-likeness (QED) is 0.836. The zero-order valence-electron chi connectivity index (χ0n) is 12.3. The standard InChI is InChI=1S/C15H15N3O4S/c1-10-8-12(10)13-4-2-11(22-13)3-5-14(19)18-23(20,21)15-9-16-6-7-17-15/h2-7,9-10,12H,8H2,1H3,(H,18,19)/b5-3+. The zero-order chi connectivity index (χ0) is 16.4. The molecule has 0 aliphatic heterocycles. The molecule has 7 nitrogen and oxygen atoms in total. The summed E-state index contributed by atoms with van der Waals surface area (Å²) in [7, 11) is -4.02. The maximum absolute atomic E-state index is 11.9. The first-order chi connectivity index (χ1) is 11.0. The summed E-state index contributed by atoms with van der Waals surface area (Å²) in [4.78, 5) is 19.1. The summed E-state index contributed by atoms with van der Waals surface area (Å²) in [5.41, 5.74) is 0. The van der Waals surface area contributed by atoms with Gasteiger partial charge in [0.25, 0.3) is 15.9 Å². The molecule has 1 aliphatic rings. The summed E-state index contributed by atoms with van der Waals surface area (Å²) in [5.74, 6) is 1.69. The Kier molecular flexibility index (Phi) is 3.99. The normalized spacial score (nSPS) is 20.6. The van der Waals surface area contributed by atoms with E-state index in [1.165, 1.54) is 18.5 Å². The van der Waals surface area contributed by atoms with Gasteiger partial charge in [-0.25, -0.2) is 9.71 Å². The highest BCUT2D eigenvalue weighted by molar-refractivity contribution is 7.90. The molecule has 0 bridgehead atoms. The molecule has 2 heterocycles. The Hall–Kier alpha value is -2.48. The van der Waals surface area contributed by atoms with Crippen molar-refractivity contribution in [1.29, 1.82) is 0 Å². The molecule has 1 saturated carbocycles. The maximum Gasteiger partial charge on any atom is 0.283 e. The van der Waals surface area contributed by atoms with Gasteiger partial charge in [0.1, 0.15) is 11.5 Å². The van der Waals surface area contributed by atoms with E-state index >= 15 is 0 Å². The lowest BCUT2D eigenvalue weighted by Gasteiger charge is -2.02. The van der Waals surface area contributed by atoms with Gasteiger partial charge in [0, 0.05) is 24.4 Å². The van der Waals surface area contributed by atoms with Crippen molar-refractivity contribution in [3.8, 4) is 0 Å². The number of carbonyl (C=O) groups excluding carboxylic acids is 1. The molecule has 0 spiro atoms. The summed E-state index contributed by atoms with van der Waals surface area (Å²) in [6.45, 7) is 2.15. The number of amides is 1. The van der Waals surface area contributed by atoms with Gasteiger partial charge in [0.2, 0.25) is 0 Å². The first-order valence-electron chi connectivity index (χ1n) is 7.06. The van der Waals surface area contributed by atoms with Gasteiger partial charge in [-0.15, -0.1) is 0 Å². The van der Waals surface area contributed by atoms with Crippen molar-refractivity contribution in [2.45, 2.75) is 24.3 Å². The zero-order valence-corrected chi connectivity index (χ0v) is 13.2. The van der Waals surface area contributed by atoms with Gasteiger partial charge < -0.3 is 4.42 Å². The van der Waals surface area contributed by atoms with Crippen molar-refractivity contribution < 1.29 is 17.6 Å². The molecule has 0 aromatic carbocycles. The fraction of sp³-hybridized carbons (Fsp3) is 0.267. The fourth-order valence-corrected chi connectivity index (χ4v) is 3.01. The number of hydrogen-bond donors (Lipinski definition) is 1. The van der Waals surface area contributed by atoms with Gasteiger partial charge in [0.05, 0.1) is 6.20 Å². The molecule has 120 valence electrons. The number of rotatable bonds is 5. The lowest BCUT2D eigenvalue weighted by molar-refractivity contribution is -0.114. The van der Waals surface area contributed by atoms with E-state index in [0.717, 1.165) is 24.5 Å². The first-order valence-corrected chi connectivity index (χ1v) is 8.54. The topological polar surface area (TPSA) is 102 Å². The van der Waals surface area contributed by atoms with E-state index in [9.17, 15) is 13.2 Å². The summed E-state index contributed by atoms with van der Waals surface area (Å²) >= 11 is 0. The van der Waals surface area contributed by atoms with Crippen molar-refractivity contribution in [1.82, 2.24) is 14.7 Å². The number of nitrogens with zero attached hydrogens (tertiary/aromatic N) is 2. The molecule has 0 radical (unpaired) electrons. The second-order valence-electron chi connectivity index (χ2n) is 5.41. The van der Waals surface area contributed by atoms with Crippen LogP contribution in [-0.2, 0) is 14.8 Å². The highest BCUT2D eigenvalue weighted by Gasteiger charge is 2.36. The highest BCUT2D eigenvalue weighted by atomic mass is 32.2. The summed E-state index contributed by atoms with van der Waals surface area (Å²) in [6, 6.07) is 3.63. The van der Waals surface area contributed by atoms with Crippen molar-refractivity contribution in [3.05, 3.63) is 48.3 Å². The van der Waals surface area contributed by atoms with Gasteiger partial charge in [-0.2, -0.15) is 8.42 Å². The SMILES string of the molecule is CC1CC1c1ccc(/C=C/C(=O)NS(=O)(=O)c2cnccn2)o1. The molecule has 2 aromatic rings. The minimum atomic E-state index is -4.02. The van der Waals surface area contributed by atoms with Crippen molar-refractivity contribution in [2.75, 3.05) is 0 Å². The van der Waals surface area contributed by atoms with Gasteiger partial charge in [-0.05, 0) is 30.5 Å². The Morgan fingerprint density at radius 3 is 2.83 bits per heavy atom. The lowest BCUT2D eigenvalue weighted by atomic mass is 10.3. The number of carbonyl (C=O) groups is 1. The number of furan rings is 1. The van der Waals surface area contributed by atoms with E-state index < -0.39 is 15.9 Å². The van der Waals surface area contributed by atoms with E-state index in [1.54, 1.807) is 6.07 Å². The Morgan fingerprint density at radius 2 is 2.17 bits per heavy atom. The van der Waals surface area contributed by atoms with E-state index in [0.29, 0.717) is 17.6 Å². The summed E-state index contributed by atoms with van der Waals surface area (Å²) < 4.78 is 31.3. The van der Waals surface area contributed by atoms with Crippen LogP contribution < -0.4 is 4.72 Å². The van der Waals surface area contributed by atoms with Crippen LogP contribution >= 0.6 is 0 Å². The van der Waals surface area contributed by atoms with E-state index in [1.807, 2.05) is 10.8 Å². The average molecular weight is 333 g/mol.